The molecule has 1 saturated heterocycles. The molecule has 1 aliphatic heterocycles. The molecule has 3 nitrogen and oxygen atoms in total. The Morgan fingerprint density at radius 2 is 2.38 bits per heavy atom. The van der Waals surface area contributed by atoms with Crippen molar-refractivity contribution in [2.24, 2.45) is 0 Å². The second-order valence-electron chi connectivity index (χ2n) is 4.19. The predicted octanol–water partition coefficient (Wildman–Crippen LogP) is 2.02. The van der Waals surface area contributed by atoms with Gasteiger partial charge in [-0.05, 0) is 25.0 Å². The lowest BCUT2D eigenvalue weighted by Gasteiger charge is -2.24. The highest BCUT2D eigenvalue weighted by molar-refractivity contribution is 5.67. The maximum atomic E-state index is 13.3. The van der Waals surface area contributed by atoms with Crippen LogP contribution in [0, 0.1) is 5.82 Å². The molecule has 1 unspecified atom stereocenters. The molecule has 0 spiro atoms. The van der Waals surface area contributed by atoms with Gasteiger partial charge in [-0.25, -0.2) is 4.39 Å². The first-order chi connectivity index (χ1) is 7.68. The molecular weight excluding hydrogens is 207 g/mol. The van der Waals surface area contributed by atoms with Crippen LogP contribution in [-0.2, 0) is 4.74 Å². The van der Waals surface area contributed by atoms with E-state index in [2.05, 4.69) is 0 Å². The van der Waals surface area contributed by atoms with Crippen LogP contribution in [-0.4, -0.2) is 26.3 Å². The number of likely N-dealkylation sites (N-methyl/N-ethyl adjacent to an activating group) is 1. The smallest absolute Gasteiger partial charge is 0.148 e. The van der Waals surface area contributed by atoms with E-state index in [1.807, 2.05) is 18.0 Å². The highest BCUT2D eigenvalue weighted by Gasteiger charge is 2.19. The van der Waals surface area contributed by atoms with E-state index >= 15 is 0 Å². The number of benzene rings is 1. The van der Waals surface area contributed by atoms with Gasteiger partial charge in [0.2, 0.25) is 0 Å². The van der Waals surface area contributed by atoms with Crippen molar-refractivity contribution in [1.29, 1.82) is 0 Å². The van der Waals surface area contributed by atoms with Crippen molar-refractivity contribution in [3.05, 3.63) is 24.0 Å². The van der Waals surface area contributed by atoms with Crippen molar-refractivity contribution in [2.45, 2.75) is 18.9 Å². The number of rotatable bonds is 3. The quantitative estimate of drug-likeness (QED) is 0.798. The summed E-state index contributed by atoms with van der Waals surface area (Å²) < 4.78 is 18.8. The van der Waals surface area contributed by atoms with E-state index in [0.717, 1.165) is 31.7 Å². The fourth-order valence-electron chi connectivity index (χ4n) is 2.05. The van der Waals surface area contributed by atoms with Crippen molar-refractivity contribution in [3.8, 4) is 0 Å². The SMILES string of the molecule is CN(CC1CCCO1)c1cccc(F)c1N. The van der Waals surface area contributed by atoms with E-state index in [0.29, 0.717) is 0 Å². The van der Waals surface area contributed by atoms with Crippen molar-refractivity contribution in [3.63, 3.8) is 0 Å². The fourth-order valence-corrected chi connectivity index (χ4v) is 2.05. The minimum atomic E-state index is -0.364. The van der Waals surface area contributed by atoms with Crippen LogP contribution in [0.5, 0.6) is 0 Å². The van der Waals surface area contributed by atoms with Crippen LogP contribution in [0.1, 0.15) is 12.8 Å². The Hall–Kier alpha value is -1.29. The number of hydrogen-bond donors (Lipinski definition) is 1. The molecule has 1 atom stereocenters. The summed E-state index contributed by atoms with van der Waals surface area (Å²) in [5.41, 5.74) is 6.64. The molecule has 16 heavy (non-hydrogen) atoms. The molecule has 0 aromatic heterocycles. The van der Waals surface area contributed by atoms with Crippen LogP contribution < -0.4 is 10.6 Å². The average Bonchev–Trinajstić information content (AvgIpc) is 2.74. The maximum absolute atomic E-state index is 13.3. The van der Waals surface area contributed by atoms with Gasteiger partial charge in [-0.3, -0.25) is 0 Å². The summed E-state index contributed by atoms with van der Waals surface area (Å²) in [6, 6.07) is 4.87. The molecule has 2 rings (SSSR count). The van der Waals surface area contributed by atoms with Crippen LogP contribution in [0.25, 0.3) is 0 Å². The molecule has 1 heterocycles. The number of para-hydroxylation sites is 1. The molecule has 1 aromatic carbocycles. The summed E-state index contributed by atoms with van der Waals surface area (Å²) in [5, 5.41) is 0. The van der Waals surface area contributed by atoms with E-state index < -0.39 is 0 Å². The van der Waals surface area contributed by atoms with Gasteiger partial charge in [-0.15, -0.1) is 0 Å². The van der Waals surface area contributed by atoms with Gasteiger partial charge < -0.3 is 15.4 Å². The first-order valence-electron chi connectivity index (χ1n) is 5.55. The van der Waals surface area contributed by atoms with Gasteiger partial charge in [0.05, 0.1) is 17.5 Å². The van der Waals surface area contributed by atoms with Gasteiger partial charge in [-0.1, -0.05) is 6.07 Å². The largest absolute Gasteiger partial charge is 0.395 e. The molecule has 0 bridgehead atoms. The number of hydrogen-bond acceptors (Lipinski definition) is 3. The minimum absolute atomic E-state index is 0.211. The van der Waals surface area contributed by atoms with E-state index in [4.69, 9.17) is 10.5 Å². The first kappa shape index (κ1) is 11.2. The number of ether oxygens (including phenoxy) is 1. The summed E-state index contributed by atoms with van der Waals surface area (Å²) in [4.78, 5) is 1.95. The fraction of sp³-hybridized carbons (Fsp3) is 0.500. The van der Waals surface area contributed by atoms with Gasteiger partial charge in [0.1, 0.15) is 5.82 Å². The van der Waals surface area contributed by atoms with Crippen LogP contribution >= 0.6 is 0 Å². The van der Waals surface area contributed by atoms with Gasteiger partial charge in [0, 0.05) is 20.2 Å². The van der Waals surface area contributed by atoms with Crippen molar-refractivity contribution >= 4 is 11.4 Å². The Morgan fingerprint density at radius 3 is 3.06 bits per heavy atom. The van der Waals surface area contributed by atoms with E-state index in [1.165, 1.54) is 6.07 Å². The normalized spacial score (nSPS) is 20.0. The molecule has 2 N–H and O–H groups in total. The number of nitrogen functional groups attached to an aromatic ring is 1. The Labute approximate surface area is 95.0 Å². The monoisotopic (exact) mass is 224 g/mol. The Morgan fingerprint density at radius 1 is 1.56 bits per heavy atom. The van der Waals surface area contributed by atoms with Gasteiger partial charge in [0.25, 0.3) is 0 Å². The molecule has 88 valence electrons. The van der Waals surface area contributed by atoms with Crippen molar-refractivity contribution in [1.82, 2.24) is 0 Å². The van der Waals surface area contributed by atoms with Crippen LogP contribution in [0.2, 0.25) is 0 Å². The summed E-state index contributed by atoms with van der Waals surface area (Å²) in [6.07, 6.45) is 2.42. The van der Waals surface area contributed by atoms with Crippen LogP contribution in [0.15, 0.2) is 18.2 Å². The molecule has 1 fully saturated rings. The lowest BCUT2D eigenvalue weighted by atomic mass is 10.2. The third-order valence-corrected chi connectivity index (χ3v) is 2.94. The minimum Gasteiger partial charge on any atom is -0.395 e. The number of nitrogens with two attached hydrogens (primary N) is 1. The Bertz CT molecular complexity index is 364. The summed E-state index contributed by atoms with van der Waals surface area (Å²) in [7, 11) is 1.91. The molecule has 1 aromatic rings. The van der Waals surface area contributed by atoms with Crippen LogP contribution in [0.3, 0.4) is 0 Å². The second-order valence-corrected chi connectivity index (χ2v) is 4.19. The van der Waals surface area contributed by atoms with Gasteiger partial charge in [-0.2, -0.15) is 0 Å². The Balaban J connectivity index is 2.07. The highest BCUT2D eigenvalue weighted by atomic mass is 19.1. The molecule has 0 amide bonds. The predicted molar refractivity (Wildman–Crippen MR) is 63.1 cm³/mol. The first-order valence-corrected chi connectivity index (χ1v) is 5.55. The summed E-state index contributed by atoms with van der Waals surface area (Å²) >= 11 is 0. The molecule has 1 aliphatic rings. The Kier molecular flexibility index (Phi) is 3.29. The maximum Gasteiger partial charge on any atom is 0.148 e. The lowest BCUT2D eigenvalue weighted by molar-refractivity contribution is 0.116. The molecule has 4 heteroatoms. The van der Waals surface area contributed by atoms with Crippen LogP contribution in [0.4, 0.5) is 15.8 Å². The third kappa shape index (κ3) is 2.27. The number of nitrogens with zero attached hydrogens (tertiary/aromatic N) is 1. The second kappa shape index (κ2) is 4.70. The van der Waals surface area contributed by atoms with Gasteiger partial charge >= 0.3 is 0 Å². The zero-order chi connectivity index (χ0) is 11.5. The number of halogens is 1. The van der Waals surface area contributed by atoms with E-state index in [-0.39, 0.29) is 17.6 Å². The third-order valence-electron chi connectivity index (χ3n) is 2.94. The molecule has 0 radical (unpaired) electrons. The highest BCUT2D eigenvalue weighted by Crippen LogP contribution is 2.25. The van der Waals surface area contributed by atoms with Crippen molar-refractivity contribution in [2.75, 3.05) is 30.8 Å². The van der Waals surface area contributed by atoms with E-state index in [9.17, 15) is 4.39 Å². The molecular formula is C12H17FN2O. The summed E-state index contributed by atoms with van der Waals surface area (Å²) in [5.74, 6) is -0.364. The standard InChI is InChI=1S/C12H17FN2O/c1-15(8-9-4-3-7-16-9)11-6-2-5-10(13)12(11)14/h2,5-6,9H,3-4,7-8,14H2,1H3. The lowest BCUT2D eigenvalue weighted by Crippen LogP contribution is -2.29. The summed E-state index contributed by atoms with van der Waals surface area (Å²) in [6.45, 7) is 1.59. The average molecular weight is 224 g/mol. The number of anilines is 2. The zero-order valence-electron chi connectivity index (χ0n) is 9.45. The topological polar surface area (TPSA) is 38.5 Å². The van der Waals surface area contributed by atoms with Crippen molar-refractivity contribution < 1.29 is 9.13 Å². The molecule has 0 saturated carbocycles. The van der Waals surface area contributed by atoms with Gasteiger partial charge in [0.15, 0.2) is 0 Å². The van der Waals surface area contributed by atoms with E-state index in [1.54, 1.807) is 6.07 Å². The molecule has 0 aliphatic carbocycles. The zero-order valence-corrected chi connectivity index (χ0v) is 9.45.